The Kier molecular flexibility index (Phi) is 8.60. The molecule has 0 aliphatic carbocycles. The van der Waals surface area contributed by atoms with Gasteiger partial charge < -0.3 is 10.1 Å². The molecule has 1 N–H and O–H groups in total. The highest BCUT2D eigenvalue weighted by Crippen LogP contribution is 2.34. The third-order valence-corrected chi connectivity index (χ3v) is 4.18. The van der Waals surface area contributed by atoms with E-state index in [1.807, 2.05) is 6.92 Å². The number of ether oxygens (including phenoxy) is 1. The van der Waals surface area contributed by atoms with Gasteiger partial charge in [-0.2, -0.15) is 0 Å². The lowest BCUT2D eigenvalue weighted by molar-refractivity contribution is 0.335. The quantitative estimate of drug-likeness (QED) is 0.680. The number of rotatable bonds is 6. The molecule has 110 valence electrons. The summed E-state index contributed by atoms with van der Waals surface area (Å²) in [7, 11) is 0. The lowest BCUT2D eigenvalue weighted by Crippen LogP contribution is -2.37. The van der Waals surface area contributed by atoms with E-state index in [0.29, 0.717) is 6.61 Å². The van der Waals surface area contributed by atoms with E-state index in [1.54, 1.807) is 0 Å². The maximum Gasteiger partial charge on any atom is 0.147 e. The Balaban J connectivity index is 0.00000324. The number of halogens is 3. The molecule has 1 aromatic carbocycles. The molecule has 0 aliphatic rings. The van der Waals surface area contributed by atoms with Gasteiger partial charge >= 0.3 is 0 Å². The number of hydrogen-bond donors (Lipinski definition) is 1. The van der Waals surface area contributed by atoms with Crippen molar-refractivity contribution in [2.24, 2.45) is 0 Å². The average molecular weight is 416 g/mol. The lowest BCUT2D eigenvalue weighted by Gasteiger charge is -2.25. The Labute approximate surface area is 139 Å². The average Bonchev–Trinajstić information content (AvgIpc) is 2.31. The smallest absolute Gasteiger partial charge is 0.147 e. The first-order valence-electron chi connectivity index (χ1n) is 6.25. The van der Waals surface area contributed by atoms with Crippen LogP contribution in [0.1, 0.15) is 39.7 Å². The molecule has 2 nitrogen and oxygen atoms in total. The summed E-state index contributed by atoms with van der Waals surface area (Å²) in [6.45, 7) is 10.1. The van der Waals surface area contributed by atoms with Gasteiger partial charge in [0.1, 0.15) is 5.75 Å². The Bertz CT molecular complexity index is 387. The summed E-state index contributed by atoms with van der Waals surface area (Å²) in [6.07, 6.45) is 1.10. The van der Waals surface area contributed by atoms with Gasteiger partial charge in [0, 0.05) is 12.1 Å². The molecule has 0 aromatic heterocycles. The van der Waals surface area contributed by atoms with Crippen molar-refractivity contribution >= 4 is 44.3 Å². The van der Waals surface area contributed by atoms with Crippen LogP contribution in [0.3, 0.4) is 0 Å². The zero-order valence-corrected chi connectivity index (χ0v) is 15.8. The fourth-order valence-corrected chi connectivity index (χ4v) is 2.97. The molecule has 0 aliphatic heterocycles. The van der Waals surface area contributed by atoms with E-state index in [1.165, 1.54) is 5.56 Å². The van der Waals surface area contributed by atoms with Gasteiger partial charge in [0.2, 0.25) is 0 Å². The molecule has 0 saturated carbocycles. The van der Waals surface area contributed by atoms with Crippen molar-refractivity contribution in [2.75, 3.05) is 6.61 Å². The minimum Gasteiger partial charge on any atom is -0.492 e. The van der Waals surface area contributed by atoms with Crippen LogP contribution in [-0.4, -0.2) is 12.1 Å². The van der Waals surface area contributed by atoms with Crippen LogP contribution in [0.4, 0.5) is 0 Å². The second kappa shape index (κ2) is 8.50. The fraction of sp³-hybridized carbons (Fsp3) is 0.571. The predicted octanol–water partition coefficient (Wildman–Crippen LogP) is 5.31. The Morgan fingerprint density at radius 2 is 1.68 bits per heavy atom. The highest BCUT2D eigenvalue weighted by molar-refractivity contribution is 9.11. The largest absolute Gasteiger partial charge is 0.492 e. The maximum absolute atomic E-state index is 5.57. The Hall–Kier alpha value is 0.230. The second-order valence-corrected chi connectivity index (χ2v) is 6.62. The number of benzene rings is 1. The standard InChI is InChI=1S/C14H21Br2NO.ClH/c1-5-14(3,4)17-9-10-7-11(15)13(18-6-2)12(16)8-10;/h7-8,17H,5-6,9H2,1-4H3;1H. The number of nitrogens with one attached hydrogen (secondary N) is 1. The summed E-state index contributed by atoms with van der Waals surface area (Å²) in [5.41, 5.74) is 1.40. The summed E-state index contributed by atoms with van der Waals surface area (Å²) < 4.78 is 7.56. The molecule has 0 unspecified atom stereocenters. The first-order chi connectivity index (χ1) is 8.39. The summed E-state index contributed by atoms with van der Waals surface area (Å²) >= 11 is 7.11. The minimum atomic E-state index is 0. The zero-order valence-electron chi connectivity index (χ0n) is 11.8. The highest BCUT2D eigenvalue weighted by atomic mass is 79.9. The van der Waals surface area contributed by atoms with Crippen molar-refractivity contribution in [1.29, 1.82) is 0 Å². The van der Waals surface area contributed by atoms with Gasteiger partial charge in [-0.15, -0.1) is 12.4 Å². The van der Waals surface area contributed by atoms with E-state index in [0.717, 1.165) is 27.7 Å². The van der Waals surface area contributed by atoms with Gasteiger partial charge in [-0.3, -0.25) is 0 Å². The van der Waals surface area contributed by atoms with Gasteiger partial charge in [-0.1, -0.05) is 6.92 Å². The summed E-state index contributed by atoms with van der Waals surface area (Å²) in [5.74, 6) is 0.871. The first-order valence-corrected chi connectivity index (χ1v) is 7.84. The van der Waals surface area contributed by atoms with Crippen molar-refractivity contribution in [3.63, 3.8) is 0 Å². The van der Waals surface area contributed by atoms with Gasteiger partial charge in [0.25, 0.3) is 0 Å². The third kappa shape index (κ3) is 6.03. The molecule has 1 aromatic rings. The van der Waals surface area contributed by atoms with Gasteiger partial charge in [-0.25, -0.2) is 0 Å². The third-order valence-electron chi connectivity index (χ3n) is 3.00. The van der Waals surface area contributed by atoms with Crippen LogP contribution in [0.15, 0.2) is 21.1 Å². The molecule has 0 radical (unpaired) electrons. The number of hydrogen-bond acceptors (Lipinski definition) is 2. The van der Waals surface area contributed by atoms with Crippen LogP contribution >= 0.6 is 44.3 Å². The molecule has 0 bridgehead atoms. The molecule has 0 heterocycles. The molecule has 0 atom stereocenters. The molecular weight excluding hydrogens is 393 g/mol. The highest BCUT2D eigenvalue weighted by Gasteiger charge is 2.14. The van der Waals surface area contributed by atoms with Crippen molar-refractivity contribution in [3.8, 4) is 5.75 Å². The second-order valence-electron chi connectivity index (χ2n) is 4.91. The normalized spacial score (nSPS) is 11.1. The van der Waals surface area contributed by atoms with Crippen LogP contribution in [-0.2, 0) is 6.54 Å². The molecular formula is C14H22Br2ClNO. The fourth-order valence-electron chi connectivity index (χ4n) is 1.46. The van der Waals surface area contributed by atoms with Crippen LogP contribution < -0.4 is 10.1 Å². The monoisotopic (exact) mass is 413 g/mol. The molecule has 0 amide bonds. The molecule has 0 fully saturated rings. The van der Waals surface area contributed by atoms with Crippen molar-refractivity contribution in [3.05, 3.63) is 26.6 Å². The summed E-state index contributed by atoms with van der Waals surface area (Å²) in [6, 6.07) is 4.21. The van der Waals surface area contributed by atoms with Crippen LogP contribution in [0.2, 0.25) is 0 Å². The van der Waals surface area contributed by atoms with E-state index in [9.17, 15) is 0 Å². The van der Waals surface area contributed by atoms with Crippen LogP contribution in [0.25, 0.3) is 0 Å². The Morgan fingerprint density at radius 1 is 1.16 bits per heavy atom. The predicted molar refractivity (Wildman–Crippen MR) is 91.5 cm³/mol. The minimum absolute atomic E-state index is 0. The lowest BCUT2D eigenvalue weighted by atomic mass is 10.0. The summed E-state index contributed by atoms with van der Waals surface area (Å²) in [5, 5.41) is 3.55. The van der Waals surface area contributed by atoms with E-state index in [-0.39, 0.29) is 17.9 Å². The van der Waals surface area contributed by atoms with Gasteiger partial charge in [0.05, 0.1) is 15.6 Å². The van der Waals surface area contributed by atoms with Crippen LogP contribution in [0, 0.1) is 0 Å². The Morgan fingerprint density at radius 3 is 2.11 bits per heavy atom. The molecule has 1 rings (SSSR count). The van der Waals surface area contributed by atoms with Gasteiger partial charge in [-0.05, 0) is 76.7 Å². The van der Waals surface area contributed by atoms with Crippen molar-refractivity contribution in [1.82, 2.24) is 5.32 Å². The van der Waals surface area contributed by atoms with E-state index >= 15 is 0 Å². The van der Waals surface area contributed by atoms with E-state index in [2.05, 4.69) is 70.1 Å². The molecule has 19 heavy (non-hydrogen) atoms. The molecule has 0 saturated heterocycles. The van der Waals surface area contributed by atoms with Gasteiger partial charge in [0.15, 0.2) is 0 Å². The zero-order chi connectivity index (χ0) is 13.8. The van der Waals surface area contributed by atoms with Crippen LogP contribution in [0.5, 0.6) is 5.75 Å². The SMILES string of the molecule is CCOc1c(Br)cc(CNC(C)(C)CC)cc1Br.Cl. The van der Waals surface area contributed by atoms with Crippen molar-refractivity contribution in [2.45, 2.75) is 46.2 Å². The topological polar surface area (TPSA) is 21.3 Å². The molecule has 5 heteroatoms. The van der Waals surface area contributed by atoms with Crippen molar-refractivity contribution < 1.29 is 4.74 Å². The van der Waals surface area contributed by atoms with E-state index in [4.69, 9.17) is 4.74 Å². The van der Waals surface area contributed by atoms with E-state index < -0.39 is 0 Å². The maximum atomic E-state index is 5.57. The molecule has 0 spiro atoms. The first kappa shape index (κ1) is 19.2. The summed E-state index contributed by atoms with van der Waals surface area (Å²) in [4.78, 5) is 0.